The van der Waals surface area contributed by atoms with E-state index < -0.39 is 10.1 Å². The van der Waals surface area contributed by atoms with Crippen LogP contribution in [0.2, 0.25) is 0 Å². The first-order valence-electron chi connectivity index (χ1n) is 5.43. The summed E-state index contributed by atoms with van der Waals surface area (Å²) in [6.45, 7) is 1.60. The zero-order valence-corrected chi connectivity index (χ0v) is 10.4. The summed E-state index contributed by atoms with van der Waals surface area (Å²) in [4.78, 5) is 1.89. The number of benzene rings is 1. The molecule has 5 nitrogen and oxygen atoms in total. The Morgan fingerprint density at radius 2 is 1.94 bits per heavy atom. The molecule has 0 bridgehead atoms. The van der Waals surface area contributed by atoms with Crippen molar-refractivity contribution >= 4 is 15.8 Å². The largest absolute Gasteiger partial charge is 0.497 e. The zero-order valence-electron chi connectivity index (χ0n) is 9.59. The smallest absolute Gasteiger partial charge is 0.296 e. The second-order valence-electron chi connectivity index (χ2n) is 4.00. The lowest BCUT2D eigenvalue weighted by molar-refractivity contribution is 0.414. The number of nitrogens with zero attached hydrogens (tertiary/aromatic N) is 1. The lowest BCUT2D eigenvalue weighted by atomic mass is 10.3. The highest BCUT2D eigenvalue weighted by atomic mass is 32.2. The molecule has 0 amide bonds. The van der Waals surface area contributed by atoms with Crippen molar-refractivity contribution in [1.82, 2.24) is 0 Å². The van der Waals surface area contributed by atoms with Crippen LogP contribution < -0.4 is 9.64 Å². The van der Waals surface area contributed by atoms with Crippen LogP contribution in [0, 0.1) is 0 Å². The minimum atomic E-state index is -4.19. The number of anilines is 1. The minimum Gasteiger partial charge on any atom is -0.497 e. The summed E-state index contributed by atoms with van der Waals surface area (Å²) in [7, 11) is -2.67. The molecule has 0 radical (unpaired) electrons. The Bertz CT molecular complexity index is 506. The summed E-state index contributed by atoms with van der Waals surface area (Å²) in [5, 5.41) is 0. The van der Waals surface area contributed by atoms with Gasteiger partial charge in [0.1, 0.15) is 10.6 Å². The van der Waals surface area contributed by atoms with Gasteiger partial charge in [-0.2, -0.15) is 8.42 Å². The van der Waals surface area contributed by atoms with E-state index in [-0.39, 0.29) is 4.90 Å². The van der Waals surface area contributed by atoms with Gasteiger partial charge in [0.15, 0.2) is 0 Å². The molecule has 17 heavy (non-hydrogen) atoms. The Morgan fingerprint density at radius 1 is 1.29 bits per heavy atom. The monoisotopic (exact) mass is 257 g/mol. The molecule has 1 aliphatic heterocycles. The summed E-state index contributed by atoms with van der Waals surface area (Å²) in [6.07, 6.45) is 2.06. The van der Waals surface area contributed by atoms with Crippen LogP contribution in [0.3, 0.4) is 0 Å². The Balaban J connectivity index is 2.51. The topological polar surface area (TPSA) is 66.8 Å². The van der Waals surface area contributed by atoms with E-state index in [2.05, 4.69) is 0 Å². The second kappa shape index (κ2) is 4.54. The van der Waals surface area contributed by atoms with Gasteiger partial charge in [-0.05, 0) is 25.0 Å². The Kier molecular flexibility index (Phi) is 3.26. The molecular weight excluding hydrogens is 242 g/mol. The summed E-state index contributed by atoms with van der Waals surface area (Å²) in [6, 6.07) is 4.55. The third kappa shape index (κ3) is 2.53. The van der Waals surface area contributed by atoms with Gasteiger partial charge in [0.05, 0.1) is 12.8 Å². The lowest BCUT2D eigenvalue weighted by Gasteiger charge is -2.20. The molecule has 1 N–H and O–H groups in total. The van der Waals surface area contributed by atoms with Crippen LogP contribution in [0.4, 0.5) is 5.69 Å². The molecule has 0 spiro atoms. The van der Waals surface area contributed by atoms with Gasteiger partial charge >= 0.3 is 0 Å². The molecule has 0 unspecified atom stereocenters. The van der Waals surface area contributed by atoms with Crippen molar-refractivity contribution < 1.29 is 17.7 Å². The molecule has 0 aliphatic carbocycles. The van der Waals surface area contributed by atoms with E-state index in [1.54, 1.807) is 6.07 Å². The van der Waals surface area contributed by atoms with E-state index in [1.165, 1.54) is 19.2 Å². The van der Waals surface area contributed by atoms with Crippen molar-refractivity contribution in [3.63, 3.8) is 0 Å². The molecule has 1 heterocycles. The molecule has 2 rings (SSSR count). The maximum atomic E-state index is 11.3. The van der Waals surface area contributed by atoms with Gasteiger partial charge in [-0.1, -0.05) is 0 Å². The highest BCUT2D eigenvalue weighted by molar-refractivity contribution is 7.86. The lowest BCUT2D eigenvalue weighted by Crippen LogP contribution is -2.20. The highest BCUT2D eigenvalue weighted by Gasteiger charge is 2.22. The van der Waals surface area contributed by atoms with Gasteiger partial charge in [0.25, 0.3) is 10.1 Å². The van der Waals surface area contributed by atoms with E-state index in [1.807, 2.05) is 4.90 Å². The van der Waals surface area contributed by atoms with Gasteiger partial charge in [0, 0.05) is 19.2 Å². The summed E-state index contributed by atoms with van der Waals surface area (Å²) in [5.41, 5.74) is 0.518. The van der Waals surface area contributed by atoms with Crippen LogP contribution in [0.25, 0.3) is 0 Å². The number of hydrogen-bond acceptors (Lipinski definition) is 4. The Labute approximate surface area is 101 Å². The van der Waals surface area contributed by atoms with Gasteiger partial charge in [-0.3, -0.25) is 4.55 Å². The van der Waals surface area contributed by atoms with E-state index in [4.69, 9.17) is 4.74 Å². The Hall–Kier alpha value is -1.27. The molecule has 94 valence electrons. The average Bonchev–Trinajstić information content (AvgIpc) is 2.80. The van der Waals surface area contributed by atoms with Crippen molar-refractivity contribution in [1.29, 1.82) is 0 Å². The maximum absolute atomic E-state index is 11.3. The molecule has 1 aromatic carbocycles. The standard InChI is InChI=1S/C11H15NO4S/c1-16-9-4-5-11(17(13,14)15)10(8-9)12-6-2-3-7-12/h4-5,8H,2-3,6-7H2,1H3,(H,13,14,15). The van der Waals surface area contributed by atoms with E-state index in [0.29, 0.717) is 11.4 Å². The highest BCUT2D eigenvalue weighted by Crippen LogP contribution is 2.31. The van der Waals surface area contributed by atoms with Crippen LogP contribution in [0.15, 0.2) is 23.1 Å². The first kappa shape index (κ1) is 12.2. The van der Waals surface area contributed by atoms with Crippen molar-refractivity contribution in [2.75, 3.05) is 25.1 Å². The molecule has 1 fully saturated rings. The molecule has 1 saturated heterocycles. The van der Waals surface area contributed by atoms with Crippen LogP contribution in [-0.2, 0) is 10.1 Å². The number of rotatable bonds is 3. The molecule has 1 aromatic rings. The molecule has 0 atom stereocenters. The van der Waals surface area contributed by atoms with Crippen LogP contribution in [0.5, 0.6) is 5.75 Å². The average molecular weight is 257 g/mol. The molecule has 1 aliphatic rings. The summed E-state index contributed by atoms with van der Waals surface area (Å²) >= 11 is 0. The SMILES string of the molecule is COc1ccc(S(=O)(=O)O)c(N2CCCC2)c1. The number of ether oxygens (including phenoxy) is 1. The van der Waals surface area contributed by atoms with Crippen LogP contribution in [0.1, 0.15) is 12.8 Å². The number of hydrogen-bond donors (Lipinski definition) is 1. The molecule has 0 aromatic heterocycles. The first-order chi connectivity index (χ1) is 8.02. The van der Waals surface area contributed by atoms with Gasteiger partial charge in [-0.15, -0.1) is 0 Å². The maximum Gasteiger partial charge on any atom is 0.296 e. The fraction of sp³-hybridized carbons (Fsp3) is 0.455. The van der Waals surface area contributed by atoms with Crippen LogP contribution in [-0.4, -0.2) is 33.2 Å². The molecular formula is C11H15NO4S. The first-order valence-corrected chi connectivity index (χ1v) is 6.87. The van der Waals surface area contributed by atoms with E-state index in [9.17, 15) is 13.0 Å². The van der Waals surface area contributed by atoms with E-state index in [0.717, 1.165) is 25.9 Å². The van der Waals surface area contributed by atoms with Gasteiger partial charge < -0.3 is 9.64 Å². The zero-order chi connectivity index (χ0) is 12.5. The summed E-state index contributed by atoms with van der Waals surface area (Å²) in [5.74, 6) is 0.583. The van der Waals surface area contributed by atoms with Gasteiger partial charge in [-0.25, -0.2) is 0 Å². The quantitative estimate of drug-likeness (QED) is 0.832. The molecule has 0 saturated carbocycles. The second-order valence-corrected chi connectivity index (χ2v) is 5.39. The Morgan fingerprint density at radius 3 is 2.47 bits per heavy atom. The fourth-order valence-corrected chi connectivity index (χ4v) is 2.74. The van der Waals surface area contributed by atoms with Gasteiger partial charge in [0.2, 0.25) is 0 Å². The third-order valence-electron chi connectivity index (χ3n) is 2.89. The summed E-state index contributed by atoms with van der Waals surface area (Å²) < 4.78 is 36.9. The van der Waals surface area contributed by atoms with Crippen molar-refractivity contribution in [2.45, 2.75) is 17.7 Å². The normalized spacial score (nSPS) is 16.2. The predicted octanol–water partition coefficient (Wildman–Crippen LogP) is 1.54. The van der Waals surface area contributed by atoms with Crippen molar-refractivity contribution in [2.24, 2.45) is 0 Å². The fourth-order valence-electron chi connectivity index (χ4n) is 2.05. The third-order valence-corrected chi connectivity index (χ3v) is 3.79. The predicted molar refractivity (Wildman–Crippen MR) is 64.3 cm³/mol. The van der Waals surface area contributed by atoms with Crippen molar-refractivity contribution in [3.8, 4) is 5.75 Å². The minimum absolute atomic E-state index is 0.0554. The molecule has 6 heteroatoms. The van der Waals surface area contributed by atoms with Crippen LogP contribution >= 0.6 is 0 Å². The number of methoxy groups -OCH3 is 1. The van der Waals surface area contributed by atoms with E-state index >= 15 is 0 Å². The van der Waals surface area contributed by atoms with Crippen molar-refractivity contribution in [3.05, 3.63) is 18.2 Å².